The van der Waals surface area contributed by atoms with Crippen molar-refractivity contribution in [1.82, 2.24) is 4.90 Å². The third-order valence-corrected chi connectivity index (χ3v) is 5.46. The first-order chi connectivity index (χ1) is 12.5. The fourth-order valence-electron chi connectivity index (χ4n) is 2.42. The summed E-state index contributed by atoms with van der Waals surface area (Å²) in [5.74, 6) is -3.01. The molecule has 0 saturated heterocycles. The summed E-state index contributed by atoms with van der Waals surface area (Å²) in [7, 11) is -1.57. The van der Waals surface area contributed by atoms with Crippen LogP contribution in [0.15, 0.2) is 52.4 Å². The lowest BCUT2D eigenvalue weighted by Gasteiger charge is -2.15. The van der Waals surface area contributed by atoms with Gasteiger partial charge in [0.05, 0.1) is 0 Å². The summed E-state index contributed by atoms with van der Waals surface area (Å²) in [5, 5.41) is 2.52. The van der Waals surface area contributed by atoms with Crippen molar-refractivity contribution in [3.63, 3.8) is 0 Å². The van der Waals surface area contributed by atoms with Gasteiger partial charge in [0.25, 0.3) is 5.91 Å². The second-order valence-electron chi connectivity index (χ2n) is 6.31. The summed E-state index contributed by atoms with van der Waals surface area (Å²) in [6.45, 7) is 3.64. The molecule has 5 nitrogen and oxygen atoms in total. The van der Waals surface area contributed by atoms with Crippen LogP contribution in [0.1, 0.15) is 11.1 Å². The Hall–Kier alpha value is -2.74. The Kier molecular flexibility index (Phi) is 6.00. The monoisotopic (exact) mass is 394 g/mol. The minimum atomic E-state index is -4.60. The molecule has 0 spiro atoms. The highest BCUT2D eigenvalue weighted by atomic mass is 32.2. The van der Waals surface area contributed by atoms with E-state index in [-0.39, 0.29) is 0 Å². The van der Waals surface area contributed by atoms with E-state index in [4.69, 9.17) is 0 Å². The van der Waals surface area contributed by atoms with Gasteiger partial charge in [-0.15, -0.1) is 0 Å². The van der Waals surface area contributed by atoms with Crippen LogP contribution in [0.25, 0.3) is 0 Å². The zero-order chi connectivity index (χ0) is 20.4. The number of carbonyl (C=O) groups excluding carboxylic acids is 1. The van der Waals surface area contributed by atoms with Crippen molar-refractivity contribution in [3.8, 4) is 0 Å². The number of nitrogens with zero attached hydrogens (tertiary/aromatic N) is 1. The quantitative estimate of drug-likeness (QED) is 0.790. The smallest absolute Gasteiger partial charge is 0.269 e. The molecule has 144 valence electrons. The number of hydrogen-bond donors (Lipinski definition) is 1. The van der Waals surface area contributed by atoms with E-state index in [1.807, 2.05) is 13.0 Å². The van der Waals surface area contributed by atoms with Gasteiger partial charge >= 0.3 is 0 Å². The summed E-state index contributed by atoms with van der Waals surface area (Å²) in [6.07, 6.45) is 1.05. The van der Waals surface area contributed by atoms with E-state index >= 15 is 0 Å². The van der Waals surface area contributed by atoms with Crippen LogP contribution in [0, 0.1) is 25.5 Å². The molecule has 0 heterocycles. The zero-order valence-corrected chi connectivity index (χ0v) is 16.2. The van der Waals surface area contributed by atoms with Crippen molar-refractivity contribution in [2.75, 3.05) is 19.4 Å². The molecule has 0 bridgehead atoms. The summed E-state index contributed by atoms with van der Waals surface area (Å²) < 4.78 is 53.2. The Bertz CT molecular complexity index is 1020. The molecule has 0 radical (unpaired) electrons. The van der Waals surface area contributed by atoms with Crippen LogP contribution in [-0.4, -0.2) is 33.3 Å². The van der Waals surface area contributed by atoms with Gasteiger partial charge in [-0.05, 0) is 43.7 Å². The number of amides is 1. The maximum absolute atomic E-state index is 14.0. The molecule has 2 rings (SSSR count). The number of anilines is 1. The molecule has 0 fully saturated rings. The fraction of sp³-hybridized carbons (Fsp3) is 0.211. The summed E-state index contributed by atoms with van der Waals surface area (Å²) in [6, 6.07) is 7.30. The highest BCUT2D eigenvalue weighted by Gasteiger charge is 2.31. The SMILES string of the molecule is Cc1ccc(NC(=O)C(=CN(C)C)S(=O)(=O)c2cc(F)ccc2F)c(C)c1. The molecule has 27 heavy (non-hydrogen) atoms. The molecular formula is C19H20F2N2O3S. The third-order valence-electron chi connectivity index (χ3n) is 3.70. The molecule has 2 aromatic carbocycles. The maximum atomic E-state index is 14.0. The van der Waals surface area contributed by atoms with Crippen LogP contribution >= 0.6 is 0 Å². The lowest BCUT2D eigenvalue weighted by atomic mass is 10.1. The molecular weight excluding hydrogens is 374 g/mol. The van der Waals surface area contributed by atoms with E-state index in [0.29, 0.717) is 17.8 Å². The van der Waals surface area contributed by atoms with Crippen LogP contribution in [0.3, 0.4) is 0 Å². The maximum Gasteiger partial charge on any atom is 0.269 e. The molecule has 0 aliphatic heterocycles. The number of rotatable bonds is 5. The van der Waals surface area contributed by atoms with Gasteiger partial charge in [0.1, 0.15) is 16.5 Å². The fourth-order valence-corrected chi connectivity index (χ4v) is 3.90. The molecule has 0 atom stereocenters. The van der Waals surface area contributed by atoms with Gasteiger partial charge in [0.2, 0.25) is 9.84 Å². The minimum absolute atomic E-state index is 0.421. The minimum Gasteiger partial charge on any atom is -0.382 e. The molecule has 1 amide bonds. The molecule has 0 aliphatic rings. The van der Waals surface area contributed by atoms with Crippen molar-refractivity contribution in [2.24, 2.45) is 0 Å². The van der Waals surface area contributed by atoms with Gasteiger partial charge in [-0.1, -0.05) is 17.7 Å². The third kappa shape index (κ3) is 4.71. The van der Waals surface area contributed by atoms with Gasteiger partial charge in [-0.25, -0.2) is 17.2 Å². The predicted molar refractivity (Wildman–Crippen MR) is 99.9 cm³/mol. The van der Waals surface area contributed by atoms with Gasteiger partial charge in [0, 0.05) is 26.0 Å². The summed E-state index contributed by atoms with van der Waals surface area (Å²) >= 11 is 0. The van der Waals surface area contributed by atoms with Gasteiger partial charge in [-0.3, -0.25) is 4.79 Å². The van der Waals surface area contributed by atoms with Crippen LogP contribution in [-0.2, 0) is 14.6 Å². The Morgan fingerprint density at radius 3 is 2.33 bits per heavy atom. The Morgan fingerprint density at radius 2 is 1.74 bits per heavy atom. The van der Waals surface area contributed by atoms with Gasteiger partial charge in [0.15, 0.2) is 4.91 Å². The zero-order valence-electron chi connectivity index (χ0n) is 15.4. The van der Waals surface area contributed by atoms with Gasteiger partial charge < -0.3 is 10.2 Å². The molecule has 2 aromatic rings. The van der Waals surface area contributed by atoms with Crippen molar-refractivity contribution < 1.29 is 22.0 Å². The average Bonchev–Trinajstić information content (AvgIpc) is 2.57. The van der Waals surface area contributed by atoms with E-state index in [2.05, 4.69) is 5.32 Å². The Balaban J connectivity index is 2.52. The number of nitrogens with one attached hydrogen (secondary N) is 1. The molecule has 8 heteroatoms. The summed E-state index contributed by atoms with van der Waals surface area (Å²) in [5.41, 5.74) is 2.14. The average molecular weight is 394 g/mol. The van der Waals surface area contributed by atoms with Crippen molar-refractivity contribution in [2.45, 2.75) is 18.7 Å². The lowest BCUT2D eigenvalue weighted by molar-refractivity contribution is -0.112. The number of benzene rings is 2. The molecule has 0 aliphatic carbocycles. The van der Waals surface area contributed by atoms with Crippen LogP contribution in [0.2, 0.25) is 0 Å². The second kappa shape index (κ2) is 7.87. The van der Waals surface area contributed by atoms with Crippen molar-refractivity contribution in [1.29, 1.82) is 0 Å². The van der Waals surface area contributed by atoms with Crippen molar-refractivity contribution >= 4 is 21.4 Å². The first kappa shape index (κ1) is 20.6. The van der Waals surface area contributed by atoms with E-state index < -0.39 is 37.2 Å². The highest BCUT2D eigenvalue weighted by Crippen LogP contribution is 2.25. The number of carbonyl (C=O) groups is 1. The van der Waals surface area contributed by atoms with Crippen LogP contribution < -0.4 is 5.32 Å². The topological polar surface area (TPSA) is 66.5 Å². The van der Waals surface area contributed by atoms with E-state index in [9.17, 15) is 22.0 Å². The first-order valence-electron chi connectivity index (χ1n) is 7.99. The van der Waals surface area contributed by atoms with E-state index in [1.54, 1.807) is 19.1 Å². The van der Waals surface area contributed by atoms with Crippen LogP contribution in [0.4, 0.5) is 14.5 Å². The lowest BCUT2D eigenvalue weighted by Crippen LogP contribution is -2.24. The van der Waals surface area contributed by atoms with Crippen molar-refractivity contribution in [3.05, 3.63) is 70.3 Å². The predicted octanol–water partition coefficient (Wildman–Crippen LogP) is 3.40. The molecule has 0 saturated carbocycles. The number of halogens is 2. The van der Waals surface area contributed by atoms with Crippen LogP contribution in [0.5, 0.6) is 0 Å². The standard InChI is InChI=1S/C19H20F2N2O3S/c1-12-5-8-16(13(2)9-12)22-19(24)18(11-23(3)4)27(25,26)17-10-14(20)6-7-15(17)21/h5-11H,1-4H3,(H,22,24). The molecule has 0 unspecified atom stereocenters. The van der Waals surface area contributed by atoms with Gasteiger partial charge in [-0.2, -0.15) is 0 Å². The first-order valence-corrected chi connectivity index (χ1v) is 9.47. The second-order valence-corrected chi connectivity index (χ2v) is 8.19. The number of hydrogen-bond acceptors (Lipinski definition) is 4. The Labute approximate surface area is 157 Å². The molecule has 0 aromatic heterocycles. The Morgan fingerprint density at radius 1 is 1.07 bits per heavy atom. The molecule has 1 N–H and O–H groups in total. The largest absolute Gasteiger partial charge is 0.382 e. The number of sulfone groups is 1. The highest BCUT2D eigenvalue weighted by molar-refractivity contribution is 7.96. The van der Waals surface area contributed by atoms with E-state index in [0.717, 1.165) is 23.4 Å². The van der Waals surface area contributed by atoms with E-state index in [1.165, 1.54) is 19.0 Å². The number of aryl methyl sites for hydroxylation is 2. The summed E-state index contributed by atoms with van der Waals surface area (Å²) in [4.78, 5) is 12.4. The normalized spacial score (nSPS) is 12.0.